The Morgan fingerprint density at radius 2 is 1.88 bits per heavy atom. The summed E-state index contributed by atoms with van der Waals surface area (Å²) in [6, 6.07) is 3.82. The first-order valence-electron chi connectivity index (χ1n) is 7.15. The van der Waals surface area contributed by atoms with E-state index >= 15 is 8.78 Å². The normalized spacial score (nSPS) is 21.3. The molecule has 0 saturated carbocycles. The molecule has 2 rings (SSSR count). The zero-order valence-electron chi connectivity index (χ0n) is 13.3. The molecular weight excluding hydrogens is 367 g/mol. The summed E-state index contributed by atoms with van der Waals surface area (Å²) in [7, 11) is -3.96. The predicted molar refractivity (Wildman–Crippen MR) is 84.6 cm³/mol. The van der Waals surface area contributed by atoms with Crippen LogP contribution in [0, 0.1) is 0 Å². The van der Waals surface area contributed by atoms with Crippen molar-refractivity contribution in [2.75, 3.05) is 25.2 Å². The number of halogens is 3. The van der Waals surface area contributed by atoms with Gasteiger partial charge in [0.05, 0.1) is 23.9 Å². The SMILES string of the molecule is CCOP(=O)(OCC)C(F)(F)C1(O)C(=O)N(C)c2c(Cl)cccc21. The molecule has 1 atom stereocenters. The molecule has 1 aromatic rings. The molecule has 6 nitrogen and oxygen atoms in total. The lowest BCUT2D eigenvalue weighted by atomic mass is 9.95. The number of likely N-dealkylation sites (N-methyl/N-ethyl adjacent to an activating group) is 1. The molecule has 1 heterocycles. The summed E-state index contributed by atoms with van der Waals surface area (Å²) in [4.78, 5) is 13.2. The van der Waals surface area contributed by atoms with E-state index in [0.717, 1.165) is 11.0 Å². The van der Waals surface area contributed by atoms with Gasteiger partial charge in [0.25, 0.3) is 5.91 Å². The molecule has 0 aromatic heterocycles. The van der Waals surface area contributed by atoms with Crippen molar-refractivity contribution >= 4 is 30.8 Å². The molecule has 134 valence electrons. The van der Waals surface area contributed by atoms with Crippen LogP contribution >= 0.6 is 19.2 Å². The van der Waals surface area contributed by atoms with Crippen molar-refractivity contribution in [1.29, 1.82) is 0 Å². The number of benzene rings is 1. The van der Waals surface area contributed by atoms with E-state index in [1.807, 2.05) is 0 Å². The maximum atomic E-state index is 15.1. The summed E-state index contributed by atoms with van der Waals surface area (Å²) in [5, 5.41) is 10.7. The quantitative estimate of drug-likeness (QED) is 0.762. The third kappa shape index (κ3) is 2.40. The summed E-state index contributed by atoms with van der Waals surface area (Å²) in [5.41, 5.74) is -8.46. The highest BCUT2D eigenvalue weighted by Crippen LogP contribution is 2.69. The molecule has 0 radical (unpaired) electrons. The van der Waals surface area contributed by atoms with E-state index in [2.05, 4.69) is 9.05 Å². The lowest BCUT2D eigenvalue weighted by Gasteiger charge is -2.35. The van der Waals surface area contributed by atoms with E-state index < -0.39 is 30.3 Å². The summed E-state index contributed by atoms with van der Waals surface area (Å²) in [6.45, 7) is 1.99. The minimum absolute atomic E-state index is 0.00210. The topological polar surface area (TPSA) is 76.1 Å². The number of aliphatic hydroxyl groups is 1. The first-order valence-corrected chi connectivity index (χ1v) is 9.07. The molecular formula is C14H17ClF2NO5P. The molecule has 0 fully saturated rings. The Balaban J connectivity index is 2.72. The zero-order valence-corrected chi connectivity index (χ0v) is 14.9. The van der Waals surface area contributed by atoms with Gasteiger partial charge in [-0.3, -0.25) is 9.36 Å². The molecule has 0 aliphatic carbocycles. The van der Waals surface area contributed by atoms with Crippen LogP contribution in [0.25, 0.3) is 0 Å². The number of carbonyl (C=O) groups is 1. The third-order valence-electron chi connectivity index (χ3n) is 3.70. The van der Waals surface area contributed by atoms with E-state index in [1.165, 1.54) is 33.0 Å². The summed E-state index contributed by atoms with van der Waals surface area (Å²) < 4.78 is 52.2. The number of alkyl halides is 2. The average molecular weight is 384 g/mol. The van der Waals surface area contributed by atoms with E-state index in [0.29, 0.717) is 0 Å². The number of hydrogen-bond acceptors (Lipinski definition) is 5. The Labute approximate surface area is 142 Å². The molecule has 10 heteroatoms. The smallest absolute Gasteiger partial charge is 0.370 e. The van der Waals surface area contributed by atoms with Crippen molar-refractivity contribution in [3.63, 3.8) is 0 Å². The van der Waals surface area contributed by atoms with Crippen molar-refractivity contribution in [3.8, 4) is 0 Å². The minimum atomic E-state index is -5.15. The van der Waals surface area contributed by atoms with Gasteiger partial charge < -0.3 is 19.1 Å². The second-order valence-electron chi connectivity index (χ2n) is 5.08. The molecule has 1 amide bonds. The highest BCUT2D eigenvalue weighted by Gasteiger charge is 2.74. The summed E-state index contributed by atoms with van der Waals surface area (Å²) >= 11 is 5.96. The number of carbonyl (C=O) groups excluding carboxylic acids is 1. The lowest BCUT2D eigenvalue weighted by molar-refractivity contribution is -0.169. The van der Waals surface area contributed by atoms with Gasteiger partial charge in [-0.2, -0.15) is 8.78 Å². The Hall–Kier alpha value is -1.05. The average Bonchev–Trinajstić information content (AvgIpc) is 2.72. The summed E-state index contributed by atoms with van der Waals surface area (Å²) in [6.07, 6.45) is 0. The number of para-hydroxylation sites is 1. The van der Waals surface area contributed by atoms with Crippen LogP contribution in [0.3, 0.4) is 0 Å². The highest BCUT2D eigenvalue weighted by atomic mass is 35.5. The van der Waals surface area contributed by atoms with Gasteiger partial charge in [-0.1, -0.05) is 23.7 Å². The maximum absolute atomic E-state index is 15.1. The summed E-state index contributed by atoms with van der Waals surface area (Å²) in [5.74, 6) is -1.37. The molecule has 0 spiro atoms. The van der Waals surface area contributed by atoms with E-state index in [4.69, 9.17) is 11.6 Å². The molecule has 1 aromatic carbocycles. The van der Waals surface area contributed by atoms with Gasteiger partial charge in [0, 0.05) is 12.6 Å². The van der Waals surface area contributed by atoms with Crippen LogP contribution < -0.4 is 4.90 Å². The van der Waals surface area contributed by atoms with E-state index in [9.17, 15) is 14.5 Å². The maximum Gasteiger partial charge on any atom is 0.403 e. The molecule has 1 N–H and O–H groups in total. The van der Waals surface area contributed by atoms with Gasteiger partial charge >= 0.3 is 13.3 Å². The van der Waals surface area contributed by atoms with Crippen LogP contribution in [0.15, 0.2) is 18.2 Å². The number of nitrogens with zero attached hydrogens (tertiary/aromatic N) is 1. The Morgan fingerprint density at radius 3 is 2.38 bits per heavy atom. The zero-order chi connectivity index (χ0) is 18.3. The molecule has 24 heavy (non-hydrogen) atoms. The van der Waals surface area contributed by atoms with Crippen LogP contribution in [0.4, 0.5) is 14.5 Å². The number of hydrogen-bond donors (Lipinski definition) is 1. The fourth-order valence-corrected chi connectivity index (χ4v) is 4.63. The third-order valence-corrected chi connectivity index (χ3v) is 6.22. The van der Waals surface area contributed by atoms with Crippen LogP contribution in [0.2, 0.25) is 5.02 Å². The van der Waals surface area contributed by atoms with E-state index in [-0.39, 0.29) is 23.9 Å². The molecule has 1 aliphatic heterocycles. The van der Waals surface area contributed by atoms with Gasteiger partial charge in [-0.15, -0.1) is 0 Å². The predicted octanol–water partition coefficient (Wildman–Crippen LogP) is 3.36. The Bertz CT molecular complexity index is 706. The van der Waals surface area contributed by atoms with Crippen molar-refractivity contribution < 1.29 is 32.3 Å². The second kappa shape index (κ2) is 6.35. The Kier molecular flexibility index (Phi) is 5.10. The van der Waals surface area contributed by atoms with Gasteiger partial charge in [-0.25, -0.2) is 0 Å². The van der Waals surface area contributed by atoms with Crippen molar-refractivity contribution in [2.45, 2.75) is 25.1 Å². The largest absolute Gasteiger partial charge is 0.403 e. The fraction of sp³-hybridized carbons (Fsp3) is 0.500. The standard InChI is InChI=1S/C14H17ClF2NO5P/c1-4-22-24(21,23-5-2)14(16,17)13(20)9-7-6-8-10(15)11(9)18(3)12(13)19/h6-8,20H,4-5H2,1-3H3. The van der Waals surface area contributed by atoms with Crippen LogP contribution in [-0.4, -0.2) is 36.9 Å². The van der Waals surface area contributed by atoms with Crippen LogP contribution in [-0.2, 0) is 24.0 Å². The molecule has 1 aliphatic rings. The van der Waals surface area contributed by atoms with E-state index in [1.54, 1.807) is 0 Å². The van der Waals surface area contributed by atoms with Crippen LogP contribution in [0.5, 0.6) is 0 Å². The Morgan fingerprint density at radius 1 is 1.33 bits per heavy atom. The molecule has 1 unspecified atom stereocenters. The van der Waals surface area contributed by atoms with Crippen molar-refractivity contribution in [1.82, 2.24) is 0 Å². The molecule has 0 bridgehead atoms. The van der Waals surface area contributed by atoms with Gasteiger partial charge in [-0.05, 0) is 19.9 Å². The molecule has 0 saturated heterocycles. The fourth-order valence-electron chi connectivity index (χ4n) is 2.64. The van der Waals surface area contributed by atoms with Gasteiger partial charge in [0.2, 0.25) is 5.60 Å². The number of amides is 1. The number of rotatable bonds is 6. The number of fused-ring (bicyclic) bond motifs is 1. The highest BCUT2D eigenvalue weighted by molar-refractivity contribution is 7.55. The van der Waals surface area contributed by atoms with Crippen molar-refractivity contribution in [3.05, 3.63) is 28.8 Å². The minimum Gasteiger partial charge on any atom is -0.370 e. The van der Waals surface area contributed by atoms with Crippen LogP contribution in [0.1, 0.15) is 19.4 Å². The first kappa shape index (κ1) is 19.3. The number of anilines is 1. The van der Waals surface area contributed by atoms with Gasteiger partial charge in [0.15, 0.2) is 0 Å². The first-order chi connectivity index (χ1) is 11.1. The monoisotopic (exact) mass is 383 g/mol. The van der Waals surface area contributed by atoms with Crippen molar-refractivity contribution in [2.24, 2.45) is 0 Å². The second-order valence-corrected chi connectivity index (χ2v) is 7.57. The van der Waals surface area contributed by atoms with Gasteiger partial charge in [0.1, 0.15) is 0 Å². The lowest BCUT2D eigenvalue weighted by Crippen LogP contribution is -2.52.